The maximum Gasteiger partial charge on any atom is 0.228 e. The third-order valence-corrected chi connectivity index (χ3v) is 3.84. The van der Waals surface area contributed by atoms with E-state index in [0.717, 1.165) is 11.1 Å². The summed E-state index contributed by atoms with van der Waals surface area (Å²) < 4.78 is 5.23. The second-order valence-corrected chi connectivity index (χ2v) is 5.43. The number of hydrogen-bond donors (Lipinski definition) is 1. The number of amides is 1. The zero-order chi connectivity index (χ0) is 15.4. The Morgan fingerprint density at radius 3 is 2.57 bits per heavy atom. The Labute approximate surface area is 133 Å². The topological polar surface area (TPSA) is 38.3 Å². The van der Waals surface area contributed by atoms with Crippen LogP contribution in [-0.2, 0) is 11.2 Å². The first-order chi connectivity index (χ1) is 10.0. The monoisotopic (exact) mass is 323 g/mol. The molecule has 0 aliphatic rings. The van der Waals surface area contributed by atoms with E-state index in [9.17, 15) is 4.79 Å². The van der Waals surface area contributed by atoms with Gasteiger partial charge in [0.15, 0.2) is 0 Å². The SMILES string of the molecule is COc1cc(Cl)c(C)cc1NC(=O)Cc1ccccc1Cl. The zero-order valence-corrected chi connectivity index (χ0v) is 13.3. The highest BCUT2D eigenvalue weighted by molar-refractivity contribution is 6.32. The molecule has 2 rings (SSSR count). The lowest BCUT2D eigenvalue weighted by Crippen LogP contribution is -2.15. The first-order valence-corrected chi connectivity index (χ1v) is 7.14. The predicted octanol–water partition coefficient (Wildman–Crippen LogP) is 4.49. The molecule has 0 aliphatic heterocycles. The number of ether oxygens (including phenoxy) is 1. The van der Waals surface area contributed by atoms with Gasteiger partial charge in [-0.25, -0.2) is 0 Å². The molecule has 0 heterocycles. The van der Waals surface area contributed by atoms with Crippen molar-refractivity contribution in [3.05, 3.63) is 57.6 Å². The molecule has 110 valence electrons. The number of hydrogen-bond acceptors (Lipinski definition) is 2. The van der Waals surface area contributed by atoms with E-state index in [1.807, 2.05) is 25.1 Å². The quantitative estimate of drug-likeness (QED) is 0.900. The van der Waals surface area contributed by atoms with Gasteiger partial charge in [-0.05, 0) is 30.2 Å². The van der Waals surface area contributed by atoms with Gasteiger partial charge in [0.25, 0.3) is 0 Å². The Morgan fingerprint density at radius 1 is 1.19 bits per heavy atom. The van der Waals surface area contributed by atoms with Crippen LogP contribution >= 0.6 is 23.2 Å². The molecule has 0 saturated carbocycles. The Morgan fingerprint density at radius 2 is 1.90 bits per heavy atom. The second kappa shape index (κ2) is 6.83. The molecule has 0 fully saturated rings. The lowest BCUT2D eigenvalue weighted by atomic mass is 10.1. The molecule has 1 amide bonds. The lowest BCUT2D eigenvalue weighted by molar-refractivity contribution is -0.115. The van der Waals surface area contributed by atoms with Crippen molar-refractivity contribution >= 4 is 34.8 Å². The van der Waals surface area contributed by atoms with E-state index in [0.29, 0.717) is 21.5 Å². The zero-order valence-electron chi connectivity index (χ0n) is 11.7. The number of nitrogens with one attached hydrogen (secondary N) is 1. The Kier molecular flexibility index (Phi) is 5.10. The van der Waals surface area contributed by atoms with Crippen molar-refractivity contribution in [1.82, 2.24) is 0 Å². The van der Waals surface area contributed by atoms with Crippen molar-refractivity contribution in [3.63, 3.8) is 0 Å². The molecule has 3 nitrogen and oxygen atoms in total. The van der Waals surface area contributed by atoms with Crippen molar-refractivity contribution < 1.29 is 9.53 Å². The van der Waals surface area contributed by atoms with Gasteiger partial charge in [-0.2, -0.15) is 0 Å². The van der Waals surface area contributed by atoms with Crippen molar-refractivity contribution in [1.29, 1.82) is 0 Å². The minimum absolute atomic E-state index is 0.164. The Balaban J connectivity index is 2.17. The maximum absolute atomic E-state index is 12.1. The Hall–Kier alpha value is -1.71. The van der Waals surface area contributed by atoms with Gasteiger partial charge in [0.1, 0.15) is 5.75 Å². The molecule has 21 heavy (non-hydrogen) atoms. The summed E-state index contributed by atoms with van der Waals surface area (Å²) in [5.41, 5.74) is 2.24. The van der Waals surface area contributed by atoms with E-state index in [-0.39, 0.29) is 12.3 Å². The molecule has 1 N–H and O–H groups in total. The molecule has 0 spiro atoms. The van der Waals surface area contributed by atoms with Gasteiger partial charge in [-0.15, -0.1) is 0 Å². The first kappa shape index (κ1) is 15.7. The number of halogens is 2. The van der Waals surface area contributed by atoms with Crippen LogP contribution < -0.4 is 10.1 Å². The third-order valence-electron chi connectivity index (χ3n) is 3.06. The fourth-order valence-electron chi connectivity index (χ4n) is 1.94. The number of carbonyl (C=O) groups excluding carboxylic acids is 1. The number of rotatable bonds is 4. The largest absolute Gasteiger partial charge is 0.495 e. The molecule has 0 radical (unpaired) electrons. The lowest BCUT2D eigenvalue weighted by Gasteiger charge is -2.12. The average molecular weight is 324 g/mol. The van der Waals surface area contributed by atoms with Crippen LogP contribution in [0.25, 0.3) is 0 Å². The molecule has 5 heteroatoms. The summed E-state index contributed by atoms with van der Waals surface area (Å²) in [6.45, 7) is 1.87. The summed E-state index contributed by atoms with van der Waals surface area (Å²) >= 11 is 12.1. The van der Waals surface area contributed by atoms with Crippen molar-refractivity contribution in [3.8, 4) is 5.75 Å². The molecule has 2 aromatic rings. The first-order valence-electron chi connectivity index (χ1n) is 6.38. The van der Waals surface area contributed by atoms with E-state index in [1.165, 1.54) is 7.11 Å². The van der Waals surface area contributed by atoms with E-state index in [1.54, 1.807) is 18.2 Å². The minimum Gasteiger partial charge on any atom is -0.495 e. The minimum atomic E-state index is -0.164. The van der Waals surface area contributed by atoms with Crippen LogP contribution in [0.3, 0.4) is 0 Å². The van der Waals surface area contributed by atoms with Crippen LogP contribution in [0.1, 0.15) is 11.1 Å². The molecule has 0 atom stereocenters. The fourth-order valence-corrected chi connectivity index (χ4v) is 2.30. The van der Waals surface area contributed by atoms with Crippen molar-refractivity contribution in [2.45, 2.75) is 13.3 Å². The van der Waals surface area contributed by atoms with E-state index in [4.69, 9.17) is 27.9 Å². The van der Waals surface area contributed by atoms with Crippen LogP contribution in [0, 0.1) is 6.92 Å². The molecule has 0 aliphatic carbocycles. The number of anilines is 1. The van der Waals surface area contributed by atoms with Gasteiger partial charge in [0.2, 0.25) is 5.91 Å². The highest BCUT2D eigenvalue weighted by Crippen LogP contribution is 2.31. The molecule has 2 aromatic carbocycles. The number of aryl methyl sites for hydroxylation is 1. The van der Waals surface area contributed by atoms with Gasteiger partial charge < -0.3 is 10.1 Å². The van der Waals surface area contributed by atoms with Crippen LogP contribution in [-0.4, -0.2) is 13.0 Å². The molecule has 0 aromatic heterocycles. The molecule has 0 saturated heterocycles. The Bertz CT molecular complexity index is 671. The second-order valence-electron chi connectivity index (χ2n) is 4.62. The van der Waals surface area contributed by atoms with Gasteiger partial charge >= 0.3 is 0 Å². The van der Waals surface area contributed by atoms with Gasteiger partial charge in [0.05, 0.1) is 19.2 Å². The van der Waals surface area contributed by atoms with E-state index < -0.39 is 0 Å². The number of carbonyl (C=O) groups is 1. The molecular weight excluding hydrogens is 309 g/mol. The summed E-state index contributed by atoms with van der Waals surface area (Å²) in [4.78, 5) is 12.1. The average Bonchev–Trinajstić information content (AvgIpc) is 2.45. The van der Waals surface area contributed by atoms with Crippen LogP contribution in [0.4, 0.5) is 5.69 Å². The highest BCUT2D eigenvalue weighted by Gasteiger charge is 2.12. The van der Waals surface area contributed by atoms with Gasteiger partial charge in [-0.1, -0.05) is 41.4 Å². The maximum atomic E-state index is 12.1. The highest BCUT2D eigenvalue weighted by atomic mass is 35.5. The molecular formula is C16H15Cl2NO2. The number of methoxy groups -OCH3 is 1. The van der Waals surface area contributed by atoms with Crippen LogP contribution in [0.5, 0.6) is 5.75 Å². The summed E-state index contributed by atoms with van der Waals surface area (Å²) in [6, 6.07) is 10.7. The normalized spacial score (nSPS) is 10.3. The van der Waals surface area contributed by atoms with Crippen LogP contribution in [0.15, 0.2) is 36.4 Å². The van der Waals surface area contributed by atoms with Crippen molar-refractivity contribution in [2.24, 2.45) is 0 Å². The smallest absolute Gasteiger partial charge is 0.228 e. The number of benzene rings is 2. The van der Waals surface area contributed by atoms with Gasteiger partial charge in [-0.3, -0.25) is 4.79 Å². The predicted molar refractivity (Wildman–Crippen MR) is 86.5 cm³/mol. The van der Waals surface area contributed by atoms with Crippen LogP contribution in [0.2, 0.25) is 10.0 Å². The summed E-state index contributed by atoms with van der Waals surface area (Å²) in [5.74, 6) is 0.362. The van der Waals surface area contributed by atoms with E-state index in [2.05, 4.69) is 5.32 Å². The summed E-state index contributed by atoms with van der Waals surface area (Å²) in [5, 5.41) is 3.99. The molecule has 0 bridgehead atoms. The third kappa shape index (κ3) is 3.90. The molecule has 0 unspecified atom stereocenters. The van der Waals surface area contributed by atoms with E-state index >= 15 is 0 Å². The standard InChI is InChI=1S/C16H15Cl2NO2/c1-10-7-14(15(21-2)9-13(10)18)19-16(20)8-11-5-3-4-6-12(11)17/h3-7,9H,8H2,1-2H3,(H,19,20). The van der Waals surface area contributed by atoms with Gasteiger partial charge in [0, 0.05) is 16.1 Å². The summed E-state index contributed by atoms with van der Waals surface area (Å²) in [6.07, 6.45) is 0.199. The van der Waals surface area contributed by atoms with Crippen molar-refractivity contribution in [2.75, 3.05) is 12.4 Å². The summed E-state index contributed by atoms with van der Waals surface area (Å²) in [7, 11) is 1.53. The fraction of sp³-hybridized carbons (Fsp3) is 0.188.